The van der Waals surface area contributed by atoms with Crippen molar-refractivity contribution in [2.24, 2.45) is 0 Å². The van der Waals surface area contributed by atoms with E-state index in [1.54, 1.807) is 17.9 Å². The van der Waals surface area contributed by atoms with Gasteiger partial charge in [0.15, 0.2) is 0 Å². The molecule has 1 aliphatic carbocycles. The first kappa shape index (κ1) is 15.4. The molecule has 6 heteroatoms. The van der Waals surface area contributed by atoms with E-state index in [4.69, 9.17) is 0 Å². The van der Waals surface area contributed by atoms with Crippen LogP contribution < -0.4 is 5.56 Å². The van der Waals surface area contributed by atoms with E-state index in [1.807, 2.05) is 4.90 Å². The highest BCUT2D eigenvalue weighted by atomic mass is 16.2. The molecule has 0 radical (unpaired) electrons. The molecule has 1 N–H and O–H groups in total. The number of rotatable bonds is 2. The van der Waals surface area contributed by atoms with E-state index in [-0.39, 0.29) is 17.4 Å². The molecule has 4 rings (SSSR count). The summed E-state index contributed by atoms with van der Waals surface area (Å²) >= 11 is 0. The van der Waals surface area contributed by atoms with Crippen LogP contribution in [0.3, 0.4) is 0 Å². The van der Waals surface area contributed by atoms with Crippen LogP contribution in [0.4, 0.5) is 0 Å². The molecule has 2 aliphatic heterocycles. The van der Waals surface area contributed by atoms with Crippen LogP contribution >= 0.6 is 0 Å². The van der Waals surface area contributed by atoms with Crippen molar-refractivity contribution in [2.45, 2.75) is 57.0 Å². The molecular formula is C18H23N3O3. The normalized spacial score (nSPS) is 27.1. The Kier molecular flexibility index (Phi) is 3.51. The Labute approximate surface area is 140 Å². The second-order valence-electron chi connectivity index (χ2n) is 7.34. The molecule has 1 spiro atoms. The van der Waals surface area contributed by atoms with Crippen LogP contribution in [0, 0.1) is 6.92 Å². The van der Waals surface area contributed by atoms with E-state index in [1.165, 1.54) is 6.07 Å². The van der Waals surface area contributed by atoms with Gasteiger partial charge in [0.2, 0.25) is 11.5 Å². The summed E-state index contributed by atoms with van der Waals surface area (Å²) in [7, 11) is 0. The van der Waals surface area contributed by atoms with Crippen LogP contribution in [0.15, 0.2) is 16.9 Å². The van der Waals surface area contributed by atoms with E-state index in [9.17, 15) is 14.4 Å². The Bertz CT molecular complexity index is 752. The number of carbonyl (C=O) groups is 2. The first-order chi connectivity index (χ1) is 11.5. The fourth-order valence-corrected chi connectivity index (χ4v) is 4.37. The van der Waals surface area contributed by atoms with Crippen LogP contribution in [0.5, 0.6) is 0 Å². The van der Waals surface area contributed by atoms with Gasteiger partial charge in [-0.2, -0.15) is 0 Å². The van der Waals surface area contributed by atoms with Crippen LogP contribution in [0.25, 0.3) is 0 Å². The van der Waals surface area contributed by atoms with Crippen molar-refractivity contribution in [1.29, 1.82) is 0 Å². The number of piperidine rings is 1. The van der Waals surface area contributed by atoms with Crippen molar-refractivity contribution in [2.75, 3.05) is 13.1 Å². The predicted octanol–water partition coefficient (Wildman–Crippen LogP) is 1.44. The Balaban J connectivity index is 1.67. The number of nitrogens with one attached hydrogen (secondary N) is 1. The number of hydrogen-bond acceptors (Lipinski definition) is 3. The fourth-order valence-electron chi connectivity index (χ4n) is 4.37. The third kappa shape index (κ3) is 2.36. The van der Waals surface area contributed by atoms with Gasteiger partial charge >= 0.3 is 0 Å². The molecule has 1 atom stereocenters. The lowest BCUT2D eigenvalue weighted by molar-refractivity contribution is -0.146. The monoisotopic (exact) mass is 329 g/mol. The third-order valence-electron chi connectivity index (χ3n) is 5.60. The summed E-state index contributed by atoms with van der Waals surface area (Å²) in [6.07, 6.45) is 5.44. The summed E-state index contributed by atoms with van der Waals surface area (Å²) in [4.78, 5) is 44.4. The number of likely N-dealkylation sites (tertiary alicyclic amines) is 2. The number of aromatic nitrogens is 1. The summed E-state index contributed by atoms with van der Waals surface area (Å²) in [6.45, 7) is 3.17. The zero-order valence-electron chi connectivity index (χ0n) is 14.0. The average molecular weight is 329 g/mol. The van der Waals surface area contributed by atoms with Crippen molar-refractivity contribution >= 4 is 11.8 Å². The Morgan fingerprint density at radius 1 is 1.17 bits per heavy atom. The highest BCUT2D eigenvalue weighted by Crippen LogP contribution is 2.42. The summed E-state index contributed by atoms with van der Waals surface area (Å²) in [5, 5.41) is 0. The highest BCUT2D eigenvalue weighted by molar-refractivity contribution is 6.00. The number of aryl methyl sites for hydroxylation is 1. The van der Waals surface area contributed by atoms with Gasteiger partial charge in [0.05, 0.1) is 0 Å². The number of carbonyl (C=O) groups excluding carboxylic acids is 2. The molecule has 6 nitrogen and oxygen atoms in total. The number of amides is 2. The molecule has 2 amide bonds. The number of hydrogen-bond donors (Lipinski definition) is 1. The van der Waals surface area contributed by atoms with Gasteiger partial charge in [-0.05, 0) is 51.5 Å². The van der Waals surface area contributed by atoms with Gasteiger partial charge in [-0.25, -0.2) is 0 Å². The third-order valence-corrected chi connectivity index (χ3v) is 5.60. The maximum Gasteiger partial charge on any atom is 0.255 e. The second kappa shape index (κ2) is 5.46. The van der Waals surface area contributed by atoms with Crippen LogP contribution in [0.1, 0.15) is 54.6 Å². The van der Waals surface area contributed by atoms with E-state index in [0.717, 1.165) is 45.1 Å². The average Bonchev–Trinajstić information content (AvgIpc) is 3.29. The quantitative estimate of drug-likeness (QED) is 0.892. The minimum absolute atomic E-state index is 0.128. The standard InChI is InChI=1S/C18H23N3O3/c1-12-10-13(11-15(22)19-12)16(23)21-9-3-7-18(21)6-2-8-20(17(18)24)14-4-5-14/h10-11,14H,2-9H2,1H3,(H,19,22). The smallest absolute Gasteiger partial charge is 0.255 e. The largest absolute Gasteiger partial charge is 0.338 e. The number of aromatic amines is 1. The SMILES string of the molecule is Cc1cc(C(=O)N2CCCC23CCCN(C2CC2)C3=O)cc(=O)[nH]1. The lowest BCUT2D eigenvalue weighted by Gasteiger charge is -2.44. The van der Waals surface area contributed by atoms with Gasteiger partial charge < -0.3 is 14.8 Å². The predicted molar refractivity (Wildman–Crippen MR) is 88.8 cm³/mol. The number of pyridine rings is 1. The van der Waals surface area contributed by atoms with Gasteiger partial charge in [0.25, 0.3) is 5.91 Å². The second-order valence-corrected chi connectivity index (χ2v) is 7.34. The van der Waals surface area contributed by atoms with Gasteiger partial charge in [-0.3, -0.25) is 14.4 Å². The molecule has 3 heterocycles. The number of nitrogens with zero attached hydrogens (tertiary/aromatic N) is 2. The Hall–Kier alpha value is -2.11. The lowest BCUT2D eigenvalue weighted by atomic mass is 9.85. The molecule has 0 aromatic carbocycles. The topological polar surface area (TPSA) is 73.5 Å². The van der Waals surface area contributed by atoms with Crippen molar-refractivity contribution in [1.82, 2.24) is 14.8 Å². The zero-order valence-corrected chi connectivity index (χ0v) is 14.0. The molecule has 128 valence electrons. The maximum atomic E-state index is 13.2. The van der Waals surface area contributed by atoms with E-state index in [2.05, 4.69) is 4.98 Å². The van der Waals surface area contributed by atoms with E-state index < -0.39 is 5.54 Å². The summed E-state index contributed by atoms with van der Waals surface area (Å²) in [5.74, 6) is -0.0589. The fraction of sp³-hybridized carbons (Fsp3) is 0.611. The molecular weight excluding hydrogens is 306 g/mol. The van der Waals surface area contributed by atoms with Crippen molar-refractivity contribution in [3.8, 4) is 0 Å². The minimum Gasteiger partial charge on any atom is -0.338 e. The molecule has 3 fully saturated rings. The Morgan fingerprint density at radius 3 is 2.54 bits per heavy atom. The van der Waals surface area contributed by atoms with E-state index in [0.29, 0.717) is 23.8 Å². The zero-order chi connectivity index (χ0) is 16.9. The van der Waals surface area contributed by atoms with Crippen molar-refractivity contribution in [3.05, 3.63) is 33.7 Å². The molecule has 3 aliphatic rings. The maximum absolute atomic E-state index is 13.2. The van der Waals surface area contributed by atoms with Gasteiger partial charge in [-0.15, -0.1) is 0 Å². The van der Waals surface area contributed by atoms with Gasteiger partial charge in [0.1, 0.15) is 5.54 Å². The van der Waals surface area contributed by atoms with Crippen LogP contribution in [-0.4, -0.2) is 51.3 Å². The summed E-state index contributed by atoms with van der Waals surface area (Å²) in [6, 6.07) is 3.42. The summed E-state index contributed by atoms with van der Waals surface area (Å²) in [5.41, 5.74) is 0.0813. The van der Waals surface area contributed by atoms with Crippen LogP contribution in [0.2, 0.25) is 0 Å². The van der Waals surface area contributed by atoms with Crippen LogP contribution in [-0.2, 0) is 4.79 Å². The van der Waals surface area contributed by atoms with Gasteiger partial charge in [-0.1, -0.05) is 0 Å². The van der Waals surface area contributed by atoms with Crippen molar-refractivity contribution < 1.29 is 9.59 Å². The highest BCUT2D eigenvalue weighted by Gasteiger charge is 2.54. The first-order valence-electron chi connectivity index (χ1n) is 8.85. The molecule has 1 saturated carbocycles. The molecule has 24 heavy (non-hydrogen) atoms. The van der Waals surface area contributed by atoms with Gasteiger partial charge in [0, 0.05) is 36.5 Å². The molecule has 0 bridgehead atoms. The molecule has 1 aromatic heterocycles. The molecule has 1 aromatic rings. The summed E-state index contributed by atoms with van der Waals surface area (Å²) < 4.78 is 0. The number of H-pyrrole nitrogens is 1. The molecule has 2 saturated heterocycles. The minimum atomic E-state index is -0.686. The van der Waals surface area contributed by atoms with E-state index >= 15 is 0 Å². The Morgan fingerprint density at radius 2 is 1.88 bits per heavy atom. The first-order valence-corrected chi connectivity index (χ1v) is 8.85. The lowest BCUT2D eigenvalue weighted by Crippen LogP contribution is -2.61. The molecule has 1 unspecified atom stereocenters. The van der Waals surface area contributed by atoms with Crippen molar-refractivity contribution in [3.63, 3.8) is 0 Å².